The van der Waals surface area contributed by atoms with E-state index in [1.807, 2.05) is 6.92 Å². The summed E-state index contributed by atoms with van der Waals surface area (Å²) in [5.74, 6) is -0.488. The summed E-state index contributed by atoms with van der Waals surface area (Å²) in [5.41, 5.74) is 5.94. The summed E-state index contributed by atoms with van der Waals surface area (Å²) in [6, 6.07) is 5.10. The molecule has 1 fully saturated rings. The van der Waals surface area contributed by atoms with E-state index in [0.717, 1.165) is 19.3 Å². The molecule has 1 aromatic carbocycles. The van der Waals surface area contributed by atoms with Crippen molar-refractivity contribution in [1.82, 2.24) is 5.32 Å². The van der Waals surface area contributed by atoms with Gasteiger partial charge in [-0.3, -0.25) is 9.59 Å². The fraction of sp³-hybridized carbons (Fsp3) is 0.500. The van der Waals surface area contributed by atoms with Crippen LogP contribution < -0.4 is 16.4 Å². The number of nitrogens with two attached hydrogens (primary N) is 1. The van der Waals surface area contributed by atoms with Crippen LogP contribution in [0, 0.1) is 0 Å². The lowest BCUT2D eigenvalue weighted by Crippen LogP contribution is -2.48. The van der Waals surface area contributed by atoms with Crippen LogP contribution in [0.4, 0.5) is 5.69 Å². The van der Waals surface area contributed by atoms with Gasteiger partial charge in [-0.15, -0.1) is 12.4 Å². The Morgan fingerprint density at radius 2 is 2.04 bits per heavy atom. The molecule has 0 aromatic heterocycles. The van der Waals surface area contributed by atoms with Crippen LogP contribution in [-0.2, 0) is 4.79 Å². The summed E-state index contributed by atoms with van der Waals surface area (Å²) < 4.78 is 0. The molecule has 128 valence electrons. The fourth-order valence-corrected chi connectivity index (χ4v) is 2.38. The molecule has 0 radical (unpaired) electrons. The molecule has 0 aliphatic heterocycles. The third-order valence-corrected chi connectivity index (χ3v) is 4.00. The van der Waals surface area contributed by atoms with Gasteiger partial charge in [0, 0.05) is 11.7 Å². The average molecular weight is 360 g/mol. The Bertz CT molecular complexity index is 587. The van der Waals surface area contributed by atoms with E-state index in [0.29, 0.717) is 22.7 Å². The summed E-state index contributed by atoms with van der Waals surface area (Å²) >= 11 is 6.07. The van der Waals surface area contributed by atoms with Crippen molar-refractivity contribution >= 4 is 41.5 Å². The quantitative estimate of drug-likeness (QED) is 0.729. The second kappa shape index (κ2) is 7.99. The fourth-order valence-electron chi connectivity index (χ4n) is 2.17. The summed E-state index contributed by atoms with van der Waals surface area (Å²) in [5, 5.41) is 6.00. The molecule has 2 rings (SSSR count). The largest absolute Gasteiger partial charge is 0.349 e. The number of hydrogen-bond donors (Lipinski definition) is 3. The van der Waals surface area contributed by atoms with E-state index in [1.54, 1.807) is 25.1 Å². The van der Waals surface area contributed by atoms with Gasteiger partial charge in [0.2, 0.25) is 5.91 Å². The molecule has 5 nitrogen and oxygen atoms in total. The van der Waals surface area contributed by atoms with E-state index in [4.69, 9.17) is 17.3 Å². The minimum absolute atomic E-state index is 0. The second-order valence-electron chi connectivity index (χ2n) is 6.06. The highest BCUT2D eigenvalue weighted by atomic mass is 35.5. The molecule has 0 saturated heterocycles. The lowest BCUT2D eigenvalue weighted by atomic mass is 9.96. The van der Waals surface area contributed by atoms with E-state index >= 15 is 0 Å². The molecule has 7 heteroatoms. The lowest BCUT2D eigenvalue weighted by Gasteiger charge is -2.23. The molecule has 23 heavy (non-hydrogen) atoms. The van der Waals surface area contributed by atoms with E-state index < -0.39 is 5.54 Å². The zero-order chi connectivity index (χ0) is 16.3. The third kappa shape index (κ3) is 5.37. The number of benzene rings is 1. The van der Waals surface area contributed by atoms with Crippen molar-refractivity contribution in [1.29, 1.82) is 0 Å². The van der Waals surface area contributed by atoms with E-state index in [1.165, 1.54) is 0 Å². The Hall–Kier alpha value is -1.30. The number of carbonyl (C=O) groups is 2. The molecular weight excluding hydrogens is 337 g/mol. The number of carbonyl (C=O) groups excluding carboxylic acids is 2. The molecule has 4 N–H and O–H groups in total. The van der Waals surface area contributed by atoms with Crippen molar-refractivity contribution in [3.05, 3.63) is 28.8 Å². The summed E-state index contributed by atoms with van der Waals surface area (Å²) in [7, 11) is 0. The first kappa shape index (κ1) is 19.7. The molecule has 1 aliphatic carbocycles. The minimum Gasteiger partial charge on any atom is -0.349 e. The number of halogens is 2. The normalized spacial score (nSPS) is 16.0. The van der Waals surface area contributed by atoms with Crippen molar-refractivity contribution in [2.75, 3.05) is 5.32 Å². The molecular formula is C16H23Cl2N3O2. The molecule has 1 unspecified atom stereocenters. The number of anilines is 1. The molecule has 0 spiro atoms. The van der Waals surface area contributed by atoms with Gasteiger partial charge >= 0.3 is 0 Å². The van der Waals surface area contributed by atoms with Gasteiger partial charge in [-0.25, -0.2) is 0 Å². The Morgan fingerprint density at radius 3 is 2.61 bits per heavy atom. The van der Waals surface area contributed by atoms with Crippen molar-refractivity contribution in [3.63, 3.8) is 0 Å². The average Bonchev–Trinajstić information content (AvgIpc) is 3.24. The number of amides is 2. The number of hydrogen-bond acceptors (Lipinski definition) is 3. The summed E-state index contributed by atoms with van der Waals surface area (Å²) in [4.78, 5) is 24.3. The predicted molar refractivity (Wildman–Crippen MR) is 95.3 cm³/mol. The smallest absolute Gasteiger partial charge is 0.253 e. The van der Waals surface area contributed by atoms with Crippen LogP contribution in [0.1, 0.15) is 49.9 Å². The SMILES string of the molecule is CCCC(C)(N)C(=O)Nc1ccc(Cl)c(C(=O)NC2CC2)c1.Cl. The summed E-state index contributed by atoms with van der Waals surface area (Å²) in [6.07, 6.45) is 3.40. The minimum atomic E-state index is -0.940. The standard InChI is InChI=1S/C16H22ClN3O2.ClH/c1-3-8-16(2,18)15(22)20-11-6-7-13(17)12(9-11)14(21)19-10-4-5-10;/h6-7,9-10H,3-5,8,18H2,1-2H3,(H,19,21)(H,20,22);1H. The maximum absolute atomic E-state index is 12.2. The zero-order valence-electron chi connectivity index (χ0n) is 13.3. The van der Waals surface area contributed by atoms with Crippen molar-refractivity contribution in [3.8, 4) is 0 Å². The van der Waals surface area contributed by atoms with E-state index in [9.17, 15) is 9.59 Å². The van der Waals surface area contributed by atoms with Gasteiger partial charge in [0.05, 0.1) is 16.1 Å². The van der Waals surface area contributed by atoms with Crippen LogP contribution in [0.3, 0.4) is 0 Å². The van der Waals surface area contributed by atoms with Gasteiger partial charge in [0.1, 0.15) is 0 Å². The monoisotopic (exact) mass is 359 g/mol. The molecule has 2 amide bonds. The van der Waals surface area contributed by atoms with Gasteiger partial charge in [0.25, 0.3) is 5.91 Å². The molecule has 1 atom stereocenters. The van der Waals surface area contributed by atoms with Crippen LogP contribution in [0.15, 0.2) is 18.2 Å². The third-order valence-electron chi connectivity index (χ3n) is 3.67. The van der Waals surface area contributed by atoms with Gasteiger partial charge in [0.15, 0.2) is 0 Å². The van der Waals surface area contributed by atoms with Crippen LogP contribution in [-0.4, -0.2) is 23.4 Å². The first-order valence-electron chi connectivity index (χ1n) is 7.54. The maximum Gasteiger partial charge on any atom is 0.253 e. The topological polar surface area (TPSA) is 84.2 Å². The Labute approximate surface area is 147 Å². The predicted octanol–water partition coefficient (Wildman–Crippen LogP) is 3.11. The van der Waals surface area contributed by atoms with Crippen molar-refractivity contribution in [2.45, 2.75) is 51.1 Å². The highest BCUT2D eigenvalue weighted by Crippen LogP contribution is 2.24. The van der Waals surface area contributed by atoms with Crippen LogP contribution in [0.2, 0.25) is 5.02 Å². The summed E-state index contributed by atoms with van der Waals surface area (Å²) in [6.45, 7) is 3.67. The Kier molecular flexibility index (Phi) is 6.86. The Morgan fingerprint density at radius 1 is 1.39 bits per heavy atom. The van der Waals surface area contributed by atoms with Crippen LogP contribution >= 0.6 is 24.0 Å². The first-order valence-corrected chi connectivity index (χ1v) is 7.92. The van der Waals surface area contributed by atoms with E-state index in [-0.39, 0.29) is 30.3 Å². The lowest BCUT2D eigenvalue weighted by molar-refractivity contribution is -0.120. The number of nitrogens with one attached hydrogen (secondary N) is 2. The van der Waals surface area contributed by atoms with Gasteiger partial charge in [-0.2, -0.15) is 0 Å². The van der Waals surface area contributed by atoms with Crippen molar-refractivity contribution < 1.29 is 9.59 Å². The number of rotatable bonds is 6. The molecule has 1 aromatic rings. The van der Waals surface area contributed by atoms with Gasteiger partial charge in [-0.05, 0) is 44.4 Å². The van der Waals surface area contributed by atoms with Crippen LogP contribution in [0.5, 0.6) is 0 Å². The van der Waals surface area contributed by atoms with Gasteiger partial charge < -0.3 is 16.4 Å². The zero-order valence-corrected chi connectivity index (χ0v) is 14.9. The first-order chi connectivity index (χ1) is 10.3. The molecule has 1 saturated carbocycles. The second-order valence-corrected chi connectivity index (χ2v) is 6.47. The Balaban J connectivity index is 0.00000264. The molecule has 0 bridgehead atoms. The van der Waals surface area contributed by atoms with Gasteiger partial charge in [-0.1, -0.05) is 24.9 Å². The molecule has 1 aliphatic rings. The highest BCUT2D eigenvalue weighted by Gasteiger charge is 2.28. The maximum atomic E-state index is 12.2. The highest BCUT2D eigenvalue weighted by molar-refractivity contribution is 6.34. The molecule has 0 heterocycles. The van der Waals surface area contributed by atoms with Crippen LogP contribution in [0.25, 0.3) is 0 Å². The van der Waals surface area contributed by atoms with E-state index in [2.05, 4.69) is 10.6 Å². The van der Waals surface area contributed by atoms with Crippen molar-refractivity contribution in [2.24, 2.45) is 5.73 Å².